The van der Waals surface area contributed by atoms with E-state index in [1.54, 1.807) is 48.7 Å². The fraction of sp³-hybridized carbons (Fsp3) is 0.312. The SMILES string of the molecule is Cc1cc(Nc2nccn3c(-c4ccc(OCC#N)c(F)c4F)cnc23)ccc1C(=O)NCCCNC(=O)[C@@H]1C[C@](C)(O)CN1.O=CO. The second-order valence-corrected chi connectivity index (χ2v) is 11.1. The number of hydrogen-bond donors (Lipinski definition) is 6. The second-order valence-electron chi connectivity index (χ2n) is 11.1. The number of ether oxygens (including phenoxy) is 1. The van der Waals surface area contributed by atoms with Crippen LogP contribution in [-0.2, 0) is 9.59 Å². The van der Waals surface area contributed by atoms with Gasteiger partial charge in [0.15, 0.2) is 29.6 Å². The lowest BCUT2D eigenvalue weighted by Crippen LogP contribution is -2.41. The number of benzene rings is 2. The van der Waals surface area contributed by atoms with Crippen LogP contribution >= 0.6 is 0 Å². The Morgan fingerprint density at radius 2 is 1.96 bits per heavy atom. The number of halogens is 2. The summed E-state index contributed by atoms with van der Waals surface area (Å²) in [6.07, 6.45) is 5.35. The number of nitriles is 1. The fourth-order valence-corrected chi connectivity index (χ4v) is 5.12. The number of aromatic nitrogens is 3. The highest BCUT2D eigenvalue weighted by Gasteiger charge is 2.36. The monoisotopic (exact) mass is 664 g/mol. The van der Waals surface area contributed by atoms with E-state index in [4.69, 9.17) is 19.9 Å². The minimum absolute atomic E-state index is 0.0462. The summed E-state index contributed by atoms with van der Waals surface area (Å²) < 4.78 is 36.0. The van der Waals surface area contributed by atoms with Crippen molar-refractivity contribution in [2.45, 2.75) is 38.3 Å². The number of imidazole rings is 1. The zero-order chi connectivity index (χ0) is 34.8. The van der Waals surface area contributed by atoms with Crippen LogP contribution in [0.4, 0.5) is 20.3 Å². The normalized spacial score (nSPS) is 16.7. The molecule has 1 saturated heterocycles. The van der Waals surface area contributed by atoms with Crippen LogP contribution in [0.15, 0.2) is 48.9 Å². The number of carbonyl (C=O) groups is 3. The lowest BCUT2D eigenvalue weighted by atomic mass is 10.0. The maximum absolute atomic E-state index is 14.9. The molecule has 0 unspecified atom stereocenters. The van der Waals surface area contributed by atoms with Crippen molar-refractivity contribution in [2.24, 2.45) is 0 Å². The molecule has 0 radical (unpaired) electrons. The maximum Gasteiger partial charge on any atom is 0.290 e. The molecule has 0 aliphatic carbocycles. The van der Waals surface area contributed by atoms with Gasteiger partial charge in [-0.25, -0.2) is 14.4 Å². The summed E-state index contributed by atoms with van der Waals surface area (Å²) in [5, 5.41) is 37.4. The van der Waals surface area contributed by atoms with E-state index in [1.807, 2.05) is 0 Å². The van der Waals surface area contributed by atoms with Crippen LogP contribution in [0.1, 0.15) is 35.7 Å². The van der Waals surface area contributed by atoms with E-state index in [9.17, 15) is 23.5 Å². The average molecular weight is 665 g/mol. The number of carboxylic acid groups (broad SMARTS) is 1. The van der Waals surface area contributed by atoms with Gasteiger partial charge < -0.3 is 36.2 Å². The molecule has 1 aliphatic heterocycles. The molecule has 48 heavy (non-hydrogen) atoms. The average Bonchev–Trinajstić information content (AvgIpc) is 3.65. The Kier molecular flexibility index (Phi) is 11.6. The molecule has 1 fully saturated rings. The minimum atomic E-state index is -1.20. The second kappa shape index (κ2) is 15.8. The number of fused-ring (bicyclic) bond motifs is 1. The Balaban J connectivity index is 0.00000167. The van der Waals surface area contributed by atoms with Gasteiger partial charge in [0.05, 0.1) is 23.5 Å². The van der Waals surface area contributed by atoms with Crippen molar-refractivity contribution >= 4 is 35.4 Å². The first-order valence-electron chi connectivity index (χ1n) is 14.8. The molecule has 252 valence electrons. The van der Waals surface area contributed by atoms with E-state index in [0.717, 1.165) is 0 Å². The summed E-state index contributed by atoms with van der Waals surface area (Å²) in [7, 11) is 0. The smallest absolute Gasteiger partial charge is 0.290 e. The van der Waals surface area contributed by atoms with Crippen molar-refractivity contribution in [3.05, 3.63) is 71.7 Å². The molecule has 14 nitrogen and oxygen atoms in total. The van der Waals surface area contributed by atoms with Gasteiger partial charge in [0.1, 0.15) is 6.07 Å². The van der Waals surface area contributed by atoms with Crippen LogP contribution in [0.5, 0.6) is 5.75 Å². The third-order valence-corrected chi connectivity index (χ3v) is 7.40. The quantitative estimate of drug-likeness (QED) is 0.102. The zero-order valence-corrected chi connectivity index (χ0v) is 26.1. The molecule has 3 heterocycles. The van der Waals surface area contributed by atoms with Crippen LogP contribution < -0.4 is 26.0 Å². The molecule has 6 N–H and O–H groups in total. The van der Waals surface area contributed by atoms with Crippen molar-refractivity contribution in [3.63, 3.8) is 0 Å². The molecule has 2 amide bonds. The van der Waals surface area contributed by atoms with Gasteiger partial charge in [-0.15, -0.1) is 0 Å². The van der Waals surface area contributed by atoms with E-state index < -0.39 is 29.9 Å². The number of carbonyl (C=O) groups excluding carboxylic acids is 2. The molecule has 2 atom stereocenters. The van der Waals surface area contributed by atoms with Crippen molar-refractivity contribution in [1.82, 2.24) is 30.3 Å². The molecule has 0 spiro atoms. The summed E-state index contributed by atoms with van der Waals surface area (Å²) in [6, 6.07) is 9.07. The Morgan fingerprint density at radius 3 is 2.65 bits per heavy atom. The molecule has 4 aromatic rings. The van der Waals surface area contributed by atoms with Crippen molar-refractivity contribution < 1.29 is 38.1 Å². The molecule has 2 aromatic carbocycles. The van der Waals surface area contributed by atoms with Gasteiger partial charge in [-0.05, 0) is 56.2 Å². The summed E-state index contributed by atoms with van der Waals surface area (Å²) in [6.45, 7) is 3.94. The topological polar surface area (TPSA) is 203 Å². The molecule has 0 saturated carbocycles. The minimum Gasteiger partial charge on any atom is -0.483 e. The van der Waals surface area contributed by atoms with Crippen molar-refractivity contribution in [2.75, 3.05) is 31.6 Å². The summed E-state index contributed by atoms with van der Waals surface area (Å²) >= 11 is 0. The highest BCUT2D eigenvalue weighted by molar-refractivity contribution is 5.96. The van der Waals surface area contributed by atoms with Crippen LogP contribution in [-0.4, -0.2) is 80.8 Å². The molecule has 5 rings (SSSR count). The van der Waals surface area contributed by atoms with Crippen LogP contribution in [0.3, 0.4) is 0 Å². The van der Waals surface area contributed by atoms with Crippen LogP contribution in [0.25, 0.3) is 16.9 Å². The van der Waals surface area contributed by atoms with Crippen LogP contribution in [0, 0.1) is 29.9 Å². The molecule has 0 bridgehead atoms. The Morgan fingerprint density at radius 1 is 1.21 bits per heavy atom. The third kappa shape index (κ3) is 8.37. The van der Waals surface area contributed by atoms with Gasteiger partial charge in [0, 0.05) is 55.3 Å². The first-order valence-corrected chi connectivity index (χ1v) is 14.8. The number of aryl methyl sites for hydroxylation is 1. The first-order chi connectivity index (χ1) is 23.0. The lowest BCUT2D eigenvalue weighted by molar-refractivity contribution is -0.123. The predicted molar refractivity (Wildman–Crippen MR) is 170 cm³/mol. The molecular weight excluding hydrogens is 630 g/mol. The first kappa shape index (κ1) is 35.2. The number of rotatable bonds is 11. The van der Waals surface area contributed by atoms with Crippen molar-refractivity contribution in [3.8, 4) is 23.1 Å². The summed E-state index contributed by atoms with van der Waals surface area (Å²) in [5.74, 6) is -2.77. The number of aliphatic hydroxyl groups is 1. The van der Waals surface area contributed by atoms with E-state index >= 15 is 0 Å². The lowest BCUT2D eigenvalue weighted by Gasteiger charge is -2.14. The van der Waals surface area contributed by atoms with Gasteiger partial charge in [-0.3, -0.25) is 18.8 Å². The fourth-order valence-electron chi connectivity index (χ4n) is 5.12. The Hall–Kier alpha value is -5.66. The van der Waals surface area contributed by atoms with E-state index in [2.05, 4.69) is 31.2 Å². The van der Waals surface area contributed by atoms with Gasteiger partial charge in [-0.2, -0.15) is 9.65 Å². The highest BCUT2D eigenvalue weighted by atomic mass is 19.2. The van der Waals surface area contributed by atoms with Crippen molar-refractivity contribution in [1.29, 1.82) is 5.26 Å². The number of nitrogens with one attached hydrogen (secondary N) is 4. The number of hydrogen-bond acceptors (Lipinski definition) is 10. The molecular formula is C32H34F2N8O6. The maximum atomic E-state index is 14.9. The zero-order valence-electron chi connectivity index (χ0n) is 26.1. The molecule has 1 aliphatic rings. The summed E-state index contributed by atoms with van der Waals surface area (Å²) in [4.78, 5) is 42.1. The molecule has 16 heteroatoms. The van der Waals surface area contributed by atoms with Gasteiger partial charge >= 0.3 is 0 Å². The van der Waals surface area contributed by atoms with E-state index in [-0.39, 0.29) is 35.3 Å². The van der Waals surface area contributed by atoms with Crippen LogP contribution in [0.2, 0.25) is 0 Å². The Labute approximate surface area is 273 Å². The largest absolute Gasteiger partial charge is 0.483 e. The molecule has 2 aromatic heterocycles. The number of nitrogens with zero attached hydrogens (tertiary/aromatic N) is 4. The van der Waals surface area contributed by atoms with Gasteiger partial charge in [-0.1, -0.05) is 0 Å². The highest BCUT2D eigenvalue weighted by Crippen LogP contribution is 2.32. The van der Waals surface area contributed by atoms with E-state index in [0.29, 0.717) is 60.8 Å². The van der Waals surface area contributed by atoms with Gasteiger partial charge in [0.25, 0.3) is 12.4 Å². The predicted octanol–water partition coefficient (Wildman–Crippen LogP) is 2.68. The number of anilines is 2. The Bertz CT molecular complexity index is 1840. The number of amides is 2. The third-order valence-electron chi connectivity index (χ3n) is 7.40. The van der Waals surface area contributed by atoms with E-state index in [1.165, 1.54) is 24.5 Å². The number of β-amino-alcohol motifs (C(OH)–C–C–N with tert-alkyl or cyclic N) is 1. The standard InChI is InChI=1S/C31H32F2N8O4.CH2O2/c1-18-14-19(4-5-20(18)29(42)36-9-3-10-37-30(43)22-15-31(2,44)17-39-22)40-27-28-38-16-23(41(28)12-11-35-27)21-6-7-24(45-13-8-34)26(33)25(21)32;2-1-3/h4-7,11-12,14,16,22,39,44H,3,9-10,13,15,17H2,1-2H3,(H,35,40)(H,36,42)(H,37,43);1H,(H,2,3)/t22-,31-;/m0./s1. The summed E-state index contributed by atoms with van der Waals surface area (Å²) in [5.41, 5.74) is 1.52. The van der Waals surface area contributed by atoms with Gasteiger partial charge in [0.2, 0.25) is 11.7 Å².